The molecule has 0 atom stereocenters. The molecule has 2 rings (SSSR count). The first-order chi connectivity index (χ1) is 8.97. The standard InChI is InChI=1S/C14H12BrClN2S/c1-8-2-4-10(14(17)19)13(6-8)18-9-3-5-11(15)12(16)7-9/h2-7,18H,1H3,(H2,17,19). The van der Waals surface area contributed by atoms with Crippen LogP contribution < -0.4 is 11.1 Å². The summed E-state index contributed by atoms with van der Waals surface area (Å²) >= 11 is 14.5. The highest BCUT2D eigenvalue weighted by Crippen LogP contribution is 2.28. The maximum atomic E-state index is 6.08. The number of benzene rings is 2. The lowest BCUT2D eigenvalue weighted by Crippen LogP contribution is -2.12. The predicted octanol–water partition coefficient (Wildman–Crippen LogP) is 4.79. The minimum atomic E-state index is 0.366. The molecule has 0 spiro atoms. The highest BCUT2D eigenvalue weighted by atomic mass is 79.9. The molecule has 0 aliphatic heterocycles. The van der Waals surface area contributed by atoms with E-state index in [1.54, 1.807) is 0 Å². The maximum absolute atomic E-state index is 6.08. The van der Waals surface area contributed by atoms with Gasteiger partial charge in [-0.2, -0.15) is 0 Å². The lowest BCUT2D eigenvalue weighted by Gasteiger charge is -2.12. The Bertz CT molecular complexity index is 643. The van der Waals surface area contributed by atoms with Crippen LogP contribution in [-0.2, 0) is 0 Å². The molecule has 98 valence electrons. The molecule has 2 nitrogen and oxygen atoms in total. The topological polar surface area (TPSA) is 38.0 Å². The Morgan fingerprint density at radius 2 is 2.00 bits per heavy atom. The second-order valence-electron chi connectivity index (χ2n) is 4.17. The van der Waals surface area contributed by atoms with Crippen molar-refractivity contribution >= 4 is 56.1 Å². The van der Waals surface area contributed by atoms with Gasteiger partial charge in [-0.3, -0.25) is 0 Å². The minimum Gasteiger partial charge on any atom is -0.389 e. The first kappa shape index (κ1) is 14.3. The first-order valence-corrected chi connectivity index (χ1v) is 7.18. The van der Waals surface area contributed by atoms with E-state index in [1.165, 1.54) is 0 Å². The Kier molecular flexibility index (Phi) is 4.45. The smallest absolute Gasteiger partial charge is 0.106 e. The monoisotopic (exact) mass is 354 g/mol. The van der Waals surface area contributed by atoms with Crippen molar-refractivity contribution in [2.75, 3.05) is 5.32 Å². The Balaban J connectivity index is 2.39. The van der Waals surface area contributed by atoms with Crippen LogP contribution in [0.25, 0.3) is 0 Å². The molecule has 0 saturated heterocycles. The number of hydrogen-bond acceptors (Lipinski definition) is 2. The van der Waals surface area contributed by atoms with Gasteiger partial charge in [0.05, 0.1) is 5.02 Å². The average molecular weight is 356 g/mol. The van der Waals surface area contributed by atoms with Crippen molar-refractivity contribution in [2.24, 2.45) is 5.73 Å². The van der Waals surface area contributed by atoms with Crippen LogP contribution in [0.2, 0.25) is 5.02 Å². The van der Waals surface area contributed by atoms with Crippen molar-refractivity contribution in [2.45, 2.75) is 6.92 Å². The van der Waals surface area contributed by atoms with Gasteiger partial charge in [0.2, 0.25) is 0 Å². The molecule has 0 bridgehead atoms. The largest absolute Gasteiger partial charge is 0.389 e. The van der Waals surface area contributed by atoms with Gasteiger partial charge in [-0.1, -0.05) is 29.9 Å². The van der Waals surface area contributed by atoms with E-state index in [2.05, 4.69) is 21.2 Å². The SMILES string of the molecule is Cc1ccc(C(N)=S)c(Nc2ccc(Br)c(Cl)c2)c1. The van der Waals surface area contributed by atoms with Crippen LogP contribution in [0, 0.1) is 6.92 Å². The zero-order valence-electron chi connectivity index (χ0n) is 10.2. The molecule has 0 aliphatic carbocycles. The molecule has 2 aromatic carbocycles. The zero-order valence-corrected chi connectivity index (χ0v) is 13.4. The number of thiocarbonyl (C=S) groups is 1. The van der Waals surface area contributed by atoms with Gasteiger partial charge in [0.1, 0.15) is 4.99 Å². The molecule has 3 N–H and O–H groups in total. The Morgan fingerprint density at radius 1 is 1.26 bits per heavy atom. The quantitative estimate of drug-likeness (QED) is 0.778. The molecule has 0 unspecified atom stereocenters. The zero-order chi connectivity index (χ0) is 14.0. The molecule has 0 heterocycles. The van der Waals surface area contributed by atoms with E-state index >= 15 is 0 Å². The van der Waals surface area contributed by atoms with Crippen LogP contribution >= 0.6 is 39.7 Å². The highest BCUT2D eigenvalue weighted by Gasteiger charge is 2.07. The van der Waals surface area contributed by atoms with E-state index in [-0.39, 0.29) is 0 Å². The summed E-state index contributed by atoms with van der Waals surface area (Å²) in [6.45, 7) is 2.02. The fourth-order valence-electron chi connectivity index (χ4n) is 1.71. The minimum absolute atomic E-state index is 0.366. The summed E-state index contributed by atoms with van der Waals surface area (Å²) in [6.07, 6.45) is 0. The van der Waals surface area contributed by atoms with Crippen LogP contribution in [0.15, 0.2) is 40.9 Å². The van der Waals surface area contributed by atoms with Gasteiger partial charge in [-0.05, 0) is 58.7 Å². The van der Waals surface area contributed by atoms with Crippen molar-refractivity contribution in [1.29, 1.82) is 0 Å². The predicted molar refractivity (Wildman–Crippen MR) is 89.5 cm³/mol. The third-order valence-corrected chi connectivity index (χ3v) is 4.09. The van der Waals surface area contributed by atoms with Crippen LogP contribution in [0.1, 0.15) is 11.1 Å². The van der Waals surface area contributed by atoms with Crippen LogP contribution in [0.4, 0.5) is 11.4 Å². The van der Waals surface area contributed by atoms with Gasteiger partial charge in [0.25, 0.3) is 0 Å². The summed E-state index contributed by atoms with van der Waals surface area (Å²) in [6, 6.07) is 11.6. The molecular formula is C14H12BrClN2S. The van der Waals surface area contributed by atoms with Gasteiger partial charge in [-0.15, -0.1) is 0 Å². The summed E-state index contributed by atoms with van der Waals surface area (Å²) in [5, 5.41) is 3.94. The summed E-state index contributed by atoms with van der Waals surface area (Å²) < 4.78 is 0.860. The molecular weight excluding hydrogens is 344 g/mol. The van der Waals surface area contributed by atoms with E-state index in [4.69, 9.17) is 29.6 Å². The van der Waals surface area contributed by atoms with Gasteiger partial charge in [0, 0.05) is 21.4 Å². The van der Waals surface area contributed by atoms with Gasteiger partial charge in [0.15, 0.2) is 0 Å². The molecule has 0 amide bonds. The normalized spacial score (nSPS) is 10.3. The number of nitrogens with two attached hydrogens (primary N) is 1. The number of nitrogens with one attached hydrogen (secondary N) is 1. The summed E-state index contributed by atoms with van der Waals surface area (Å²) in [5.41, 5.74) is 9.45. The van der Waals surface area contributed by atoms with E-state index in [1.807, 2.05) is 43.3 Å². The maximum Gasteiger partial charge on any atom is 0.106 e. The number of anilines is 2. The molecule has 2 aromatic rings. The summed E-state index contributed by atoms with van der Waals surface area (Å²) in [4.78, 5) is 0.366. The van der Waals surface area contributed by atoms with Crippen molar-refractivity contribution < 1.29 is 0 Å². The Labute approximate surface area is 131 Å². The van der Waals surface area contributed by atoms with E-state index in [0.29, 0.717) is 10.0 Å². The number of aryl methyl sites for hydroxylation is 1. The fraction of sp³-hybridized carbons (Fsp3) is 0.0714. The van der Waals surface area contributed by atoms with Crippen molar-refractivity contribution in [1.82, 2.24) is 0 Å². The highest BCUT2D eigenvalue weighted by molar-refractivity contribution is 9.10. The third-order valence-electron chi connectivity index (χ3n) is 2.64. The molecule has 0 aromatic heterocycles. The Morgan fingerprint density at radius 3 is 2.63 bits per heavy atom. The van der Waals surface area contributed by atoms with E-state index in [0.717, 1.165) is 27.0 Å². The number of halogens is 2. The third kappa shape index (κ3) is 3.47. The van der Waals surface area contributed by atoms with Gasteiger partial charge in [-0.25, -0.2) is 0 Å². The number of hydrogen-bond donors (Lipinski definition) is 2. The first-order valence-electron chi connectivity index (χ1n) is 5.60. The van der Waals surface area contributed by atoms with Crippen molar-refractivity contribution in [3.63, 3.8) is 0 Å². The molecule has 5 heteroatoms. The van der Waals surface area contributed by atoms with Crippen LogP contribution in [0.5, 0.6) is 0 Å². The van der Waals surface area contributed by atoms with E-state index in [9.17, 15) is 0 Å². The second kappa shape index (κ2) is 5.90. The van der Waals surface area contributed by atoms with Crippen LogP contribution in [0.3, 0.4) is 0 Å². The van der Waals surface area contributed by atoms with Gasteiger partial charge >= 0.3 is 0 Å². The molecule has 19 heavy (non-hydrogen) atoms. The lowest BCUT2D eigenvalue weighted by atomic mass is 10.1. The average Bonchev–Trinajstić information content (AvgIpc) is 2.33. The fourth-order valence-corrected chi connectivity index (χ4v) is 2.31. The summed E-state index contributed by atoms with van der Waals surface area (Å²) in [7, 11) is 0. The Hall–Kier alpha value is -1.10. The molecule has 0 fully saturated rings. The molecule has 0 aliphatic rings. The molecule has 0 saturated carbocycles. The lowest BCUT2D eigenvalue weighted by molar-refractivity contribution is 1.43. The second-order valence-corrected chi connectivity index (χ2v) is 5.87. The summed E-state index contributed by atoms with van der Waals surface area (Å²) in [5.74, 6) is 0. The van der Waals surface area contributed by atoms with E-state index < -0.39 is 0 Å². The van der Waals surface area contributed by atoms with Gasteiger partial charge < -0.3 is 11.1 Å². The van der Waals surface area contributed by atoms with Crippen molar-refractivity contribution in [3.8, 4) is 0 Å². The van der Waals surface area contributed by atoms with Crippen molar-refractivity contribution in [3.05, 3.63) is 57.0 Å². The number of rotatable bonds is 3. The van der Waals surface area contributed by atoms with Crippen LogP contribution in [-0.4, -0.2) is 4.99 Å². The molecule has 0 radical (unpaired) electrons.